The molecule has 3 heterocycles. The van der Waals surface area contributed by atoms with Crippen LogP contribution in [0.3, 0.4) is 0 Å². The quantitative estimate of drug-likeness (QED) is 0.591. The second kappa shape index (κ2) is 7.28. The molecule has 0 saturated carbocycles. The van der Waals surface area contributed by atoms with E-state index in [9.17, 15) is 13.2 Å². The molecule has 0 aliphatic carbocycles. The second-order valence-electron chi connectivity index (χ2n) is 6.26. The Morgan fingerprint density at radius 1 is 1.07 bits per heavy atom. The van der Waals surface area contributed by atoms with Crippen molar-refractivity contribution in [1.82, 2.24) is 9.97 Å². The number of fused-ring (bicyclic) bond motifs is 1. The molecule has 1 aliphatic rings. The Bertz CT molecular complexity index is 1120. The molecule has 0 unspecified atom stereocenters. The maximum Gasteiger partial charge on any atom is 0.263 e. The van der Waals surface area contributed by atoms with E-state index in [4.69, 9.17) is 0 Å². The van der Waals surface area contributed by atoms with E-state index < -0.39 is 10.0 Å². The largest absolute Gasteiger partial charge is 0.378 e. The van der Waals surface area contributed by atoms with Crippen LogP contribution in [0.25, 0.3) is 0 Å². The summed E-state index contributed by atoms with van der Waals surface area (Å²) in [7, 11) is -3.80. The number of hydrogen-bond acceptors (Lipinski definition) is 6. The van der Waals surface area contributed by atoms with E-state index in [-0.39, 0.29) is 23.0 Å². The number of benzene rings is 1. The van der Waals surface area contributed by atoms with Crippen LogP contribution in [-0.4, -0.2) is 24.3 Å². The minimum Gasteiger partial charge on any atom is -0.378 e. The summed E-state index contributed by atoms with van der Waals surface area (Å²) in [6.07, 6.45) is 3.44. The van der Waals surface area contributed by atoms with Crippen LogP contribution >= 0.6 is 0 Å². The van der Waals surface area contributed by atoms with Crippen LogP contribution < -0.4 is 15.4 Å². The van der Waals surface area contributed by atoms with Gasteiger partial charge in [0.25, 0.3) is 10.0 Å². The van der Waals surface area contributed by atoms with Crippen LogP contribution in [0.15, 0.2) is 65.8 Å². The second-order valence-corrected chi connectivity index (χ2v) is 7.94. The maximum absolute atomic E-state index is 12.6. The highest BCUT2D eigenvalue weighted by atomic mass is 32.2. The van der Waals surface area contributed by atoms with E-state index >= 15 is 0 Å². The fourth-order valence-corrected chi connectivity index (χ4v) is 3.88. The minimum atomic E-state index is -3.80. The molecule has 3 aromatic rings. The molecule has 3 N–H and O–H groups in total. The maximum atomic E-state index is 12.6. The molecule has 0 fully saturated rings. The fraction of sp³-hybridized carbons (Fsp3) is 0.105. The molecule has 0 saturated heterocycles. The monoisotopic (exact) mass is 395 g/mol. The van der Waals surface area contributed by atoms with Crippen molar-refractivity contribution >= 4 is 33.1 Å². The number of nitrogens with zero attached hydrogens (tertiary/aromatic N) is 2. The van der Waals surface area contributed by atoms with Gasteiger partial charge in [-0.05, 0) is 48.0 Å². The van der Waals surface area contributed by atoms with Gasteiger partial charge in [0.05, 0.1) is 35.4 Å². The lowest BCUT2D eigenvalue weighted by atomic mass is 10.2. The van der Waals surface area contributed by atoms with E-state index in [1.54, 1.807) is 30.6 Å². The van der Waals surface area contributed by atoms with Gasteiger partial charge < -0.3 is 10.6 Å². The van der Waals surface area contributed by atoms with Crippen LogP contribution in [-0.2, 0) is 27.8 Å². The van der Waals surface area contributed by atoms with Gasteiger partial charge in [-0.3, -0.25) is 14.5 Å². The number of sulfonamides is 1. The van der Waals surface area contributed by atoms with Gasteiger partial charge in [0.1, 0.15) is 5.82 Å². The summed E-state index contributed by atoms with van der Waals surface area (Å²) in [6.45, 7) is 0.537. The highest BCUT2D eigenvalue weighted by Gasteiger charge is 2.22. The highest BCUT2D eigenvalue weighted by Crippen LogP contribution is 2.26. The molecule has 0 bridgehead atoms. The molecule has 9 heteroatoms. The lowest BCUT2D eigenvalue weighted by Crippen LogP contribution is -2.14. The number of anilines is 3. The van der Waals surface area contributed by atoms with E-state index in [0.717, 1.165) is 11.4 Å². The van der Waals surface area contributed by atoms with Crippen LogP contribution in [0.5, 0.6) is 0 Å². The molecule has 0 radical (unpaired) electrons. The van der Waals surface area contributed by atoms with Gasteiger partial charge in [0, 0.05) is 11.9 Å². The summed E-state index contributed by atoms with van der Waals surface area (Å²) in [5, 5.41) is 5.85. The third-order valence-corrected chi connectivity index (χ3v) is 5.57. The smallest absolute Gasteiger partial charge is 0.263 e. The lowest BCUT2D eigenvalue weighted by Gasteiger charge is -2.10. The minimum absolute atomic E-state index is 0.0851. The molecular formula is C19H17N5O3S. The highest BCUT2D eigenvalue weighted by molar-refractivity contribution is 7.92. The van der Waals surface area contributed by atoms with Crippen molar-refractivity contribution in [3.63, 3.8) is 0 Å². The predicted molar refractivity (Wildman–Crippen MR) is 105 cm³/mol. The molecule has 28 heavy (non-hydrogen) atoms. The van der Waals surface area contributed by atoms with Crippen LogP contribution in [0, 0.1) is 0 Å². The van der Waals surface area contributed by atoms with Crippen molar-refractivity contribution in [3.05, 3.63) is 72.2 Å². The normalized spacial score (nSPS) is 12.9. The van der Waals surface area contributed by atoms with Gasteiger partial charge >= 0.3 is 0 Å². The van der Waals surface area contributed by atoms with Gasteiger partial charge in [-0.2, -0.15) is 0 Å². The standard InChI is InChI=1S/C19H17N5O3S/c25-19-10-13-9-16(5-6-17(13)23-19)28(26,27)24-18-7-4-15(12-22-18)21-11-14-3-1-2-8-20-14/h1-9,12,21H,10-11H2,(H,22,24)(H,23,25). The Morgan fingerprint density at radius 2 is 1.96 bits per heavy atom. The molecule has 1 aromatic carbocycles. The van der Waals surface area contributed by atoms with E-state index in [1.165, 1.54) is 12.1 Å². The molecule has 2 aromatic heterocycles. The predicted octanol–water partition coefficient (Wildman–Crippen LogP) is 2.38. The Hall–Kier alpha value is -3.46. The molecule has 0 spiro atoms. The number of carbonyl (C=O) groups excluding carboxylic acids is 1. The van der Waals surface area contributed by atoms with Crippen LogP contribution in [0.4, 0.5) is 17.2 Å². The number of amides is 1. The Labute approximate surface area is 162 Å². The topological polar surface area (TPSA) is 113 Å². The SMILES string of the molecule is O=C1Cc2cc(S(=O)(=O)Nc3ccc(NCc4ccccn4)cn3)ccc2N1. The molecule has 0 atom stereocenters. The summed E-state index contributed by atoms with van der Waals surface area (Å²) in [4.78, 5) is 19.9. The van der Waals surface area contributed by atoms with Gasteiger partial charge in [-0.15, -0.1) is 0 Å². The summed E-state index contributed by atoms with van der Waals surface area (Å²) in [6, 6.07) is 13.5. The first kappa shape index (κ1) is 17.9. The number of pyridine rings is 2. The summed E-state index contributed by atoms with van der Waals surface area (Å²) in [5.41, 5.74) is 2.94. The van der Waals surface area contributed by atoms with E-state index in [0.29, 0.717) is 17.8 Å². The van der Waals surface area contributed by atoms with Crippen molar-refractivity contribution in [1.29, 1.82) is 0 Å². The van der Waals surface area contributed by atoms with E-state index in [2.05, 4.69) is 25.3 Å². The number of aromatic nitrogens is 2. The first-order valence-electron chi connectivity index (χ1n) is 8.55. The average Bonchev–Trinajstić information content (AvgIpc) is 3.07. The van der Waals surface area contributed by atoms with Gasteiger partial charge in [0.2, 0.25) is 5.91 Å². The van der Waals surface area contributed by atoms with Crippen molar-refractivity contribution in [2.24, 2.45) is 0 Å². The fourth-order valence-electron chi connectivity index (χ4n) is 2.82. The third-order valence-electron chi connectivity index (χ3n) is 4.21. The Balaban J connectivity index is 1.43. The summed E-state index contributed by atoms with van der Waals surface area (Å²) >= 11 is 0. The lowest BCUT2D eigenvalue weighted by molar-refractivity contribution is -0.115. The van der Waals surface area contributed by atoms with Gasteiger partial charge in [-0.1, -0.05) is 6.07 Å². The molecular weight excluding hydrogens is 378 g/mol. The van der Waals surface area contributed by atoms with Gasteiger partial charge in [-0.25, -0.2) is 13.4 Å². The molecule has 8 nitrogen and oxygen atoms in total. The zero-order valence-corrected chi connectivity index (χ0v) is 15.5. The molecule has 142 valence electrons. The van der Waals surface area contributed by atoms with Crippen LogP contribution in [0.2, 0.25) is 0 Å². The van der Waals surface area contributed by atoms with E-state index in [1.807, 2.05) is 18.2 Å². The number of hydrogen-bond donors (Lipinski definition) is 3. The van der Waals surface area contributed by atoms with Crippen molar-refractivity contribution in [3.8, 4) is 0 Å². The van der Waals surface area contributed by atoms with Crippen LogP contribution in [0.1, 0.15) is 11.3 Å². The third kappa shape index (κ3) is 3.94. The van der Waals surface area contributed by atoms with Gasteiger partial charge in [0.15, 0.2) is 0 Å². The Kier molecular flexibility index (Phi) is 4.66. The summed E-state index contributed by atoms with van der Waals surface area (Å²) in [5.74, 6) is 0.0612. The first-order valence-corrected chi connectivity index (χ1v) is 10.0. The van der Waals surface area contributed by atoms with Crippen molar-refractivity contribution in [2.45, 2.75) is 17.9 Å². The molecule has 1 aliphatic heterocycles. The number of carbonyl (C=O) groups is 1. The van der Waals surface area contributed by atoms with Crippen molar-refractivity contribution in [2.75, 3.05) is 15.4 Å². The molecule has 1 amide bonds. The van der Waals surface area contributed by atoms with Crippen molar-refractivity contribution < 1.29 is 13.2 Å². The average molecular weight is 395 g/mol. The number of rotatable bonds is 6. The zero-order chi connectivity index (χ0) is 19.6. The summed E-state index contributed by atoms with van der Waals surface area (Å²) < 4.78 is 27.7. The molecule has 4 rings (SSSR count). The zero-order valence-electron chi connectivity index (χ0n) is 14.7. The number of nitrogens with one attached hydrogen (secondary N) is 3. The Morgan fingerprint density at radius 3 is 2.71 bits per heavy atom. The first-order chi connectivity index (χ1) is 13.5.